The minimum atomic E-state index is -4.52. The van der Waals surface area contributed by atoms with Crippen molar-refractivity contribution in [3.8, 4) is 11.3 Å². The Morgan fingerprint density at radius 2 is 1.71 bits per heavy atom. The molecule has 3 rings (SSSR count). The number of rotatable bonds is 3. The smallest absolute Gasteiger partial charge is 0.433 e. The van der Waals surface area contributed by atoms with E-state index in [0.29, 0.717) is 43.7 Å². The lowest BCUT2D eigenvalue weighted by atomic mass is 9.86. The zero-order chi connectivity index (χ0) is 22.8. The van der Waals surface area contributed by atoms with Crippen molar-refractivity contribution in [2.24, 2.45) is 5.73 Å². The lowest BCUT2D eigenvalue weighted by Gasteiger charge is -2.34. The van der Waals surface area contributed by atoms with E-state index in [9.17, 15) is 18.0 Å². The Labute approximate surface area is 180 Å². The number of hydrogen-bond donors (Lipinski definition) is 1. The van der Waals surface area contributed by atoms with Crippen LogP contribution in [-0.2, 0) is 17.5 Å². The zero-order valence-electron chi connectivity index (χ0n) is 18.0. The van der Waals surface area contributed by atoms with Crippen LogP contribution in [-0.4, -0.2) is 34.7 Å². The van der Waals surface area contributed by atoms with Gasteiger partial charge >= 0.3 is 12.3 Å². The normalized spacial score (nSPS) is 15.8. The van der Waals surface area contributed by atoms with E-state index in [0.717, 1.165) is 17.2 Å². The van der Waals surface area contributed by atoms with E-state index < -0.39 is 17.5 Å². The lowest BCUT2D eigenvalue weighted by Crippen LogP contribution is -2.41. The molecule has 1 aliphatic rings. The van der Waals surface area contributed by atoms with Gasteiger partial charge in [-0.2, -0.15) is 13.2 Å². The van der Waals surface area contributed by atoms with E-state index in [1.807, 2.05) is 20.8 Å². The molecule has 1 amide bonds. The predicted molar refractivity (Wildman–Crippen MR) is 112 cm³/mol. The van der Waals surface area contributed by atoms with Crippen LogP contribution in [0, 0.1) is 0 Å². The molecule has 1 saturated heterocycles. The third-order valence-electron chi connectivity index (χ3n) is 5.27. The van der Waals surface area contributed by atoms with Gasteiger partial charge in [0.15, 0.2) is 0 Å². The summed E-state index contributed by atoms with van der Waals surface area (Å²) in [5.41, 5.74) is 6.74. The van der Waals surface area contributed by atoms with Crippen LogP contribution in [0.5, 0.6) is 0 Å². The topological polar surface area (TPSA) is 68.5 Å². The fourth-order valence-electron chi connectivity index (χ4n) is 3.69. The van der Waals surface area contributed by atoms with E-state index in [4.69, 9.17) is 10.5 Å². The number of benzene rings is 1. The summed E-state index contributed by atoms with van der Waals surface area (Å²) in [5.74, 6) is -0.00217. The minimum Gasteiger partial charge on any atom is -0.444 e. The molecule has 2 N–H and O–H groups in total. The summed E-state index contributed by atoms with van der Waals surface area (Å²) in [7, 11) is 0. The minimum absolute atomic E-state index is 0.00217. The number of amides is 1. The van der Waals surface area contributed by atoms with E-state index >= 15 is 0 Å². The molecule has 0 aliphatic carbocycles. The molecule has 0 atom stereocenters. The molecular formula is C23H28F3N3O2. The number of alkyl halides is 3. The average Bonchev–Trinajstić information content (AvgIpc) is 2.71. The van der Waals surface area contributed by atoms with Crippen molar-refractivity contribution in [1.82, 2.24) is 9.88 Å². The number of carbonyl (C=O) groups is 1. The third-order valence-corrected chi connectivity index (χ3v) is 5.27. The summed E-state index contributed by atoms with van der Waals surface area (Å²) in [5, 5.41) is 0. The van der Waals surface area contributed by atoms with Crippen molar-refractivity contribution >= 4 is 6.09 Å². The second kappa shape index (κ2) is 8.86. The first-order valence-corrected chi connectivity index (χ1v) is 10.3. The highest BCUT2D eigenvalue weighted by Gasteiger charge is 2.34. The highest BCUT2D eigenvalue weighted by atomic mass is 19.4. The van der Waals surface area contributed by atoms with Crippen LogP contribution in [0.15, 0.2) is 36.4 Å². The fraction of sp³-hybridized carbons (Fsp3) is 0.478. The summed E-state index contributed by atoms with van der Waals surface area (Å²) >= 11 is 0. The number of nitrogens with two attached hydrogens (primary N) is 1. The van der Waals surface area contributed by atoms with Gasteiger partial charge in [0.25, 0.3) is 0 Å². The van der Waals surface area contributed by atoms with Gasteiger partial charge in [0.05, 0.1) is 5.69 Å². The van der Waals surface area contributed by atoms with Crippen molar-refractivity contribution in [1.29, 1.82) is 0 Å². The van der Waals surface area contributed by atoms with Crippen LogP contribution in [0.1, 0.15) is 56.4 Å². The predicted octanol–water partition coefficient (Wildman–Crippen LogP) is 5.34. The van der Waals surface area contributed by atoms with Crippen LogP contribution >= 0.6 is 0 Å². The molecule has 31 heavy (non-hydrogen) atoms. The van der Waals surface area contributed by atoms with Gasteiger partial charge in [-0.25, -0.2) is 9.78 Å². The van der Waals surface area contributed by atoms with Gasteiger partial charge in [-0.15, -0.1) is 0 Å². The molecule has 0 unspecified atom stereocenters. The third kappa shape index (κ3) is 5.76. The maximum atomic E-state index is 13.3. The highest BCUT2D eigenvalue weighted by molar-refractivity contribution is 5.68. The summed E-state index contributed by atoms with van der Waals surface area (Å²) < 4.78 is 45.4. The van der Waals surface area contributed by atoms with E-state index in [-0.39, 0.29) is 12.0 Å². The lowest BCUT2D eigenvalue weighted by molar-refractivity contribution is -0.141. The first-order chi connectivity index (χ1) is 14.5. The molecule has 1 fully saturated rings. The fourth-order valence-corrected chi connectivity index (χ4v) is 3.69. The van der Waals surface area contributed by atoms with Crippen molar-refractivity contribution in [3.05, 3.63) is 53.2 Å². The molecule has 2 aromatic rings. The molecule has 0 saturated carbocycles. The number of piperidine rings is 1. The molecule has 168 valence electrons. The first kappa shape index (κ1) is 23.1. The number of aromatic nitrogens is 1. The van der Waals surface area contributed by atoms with Crippen molar-refractivity contribution in [3.63, 3.8) is 0 Å². The van der Waals surface area contributed by atoms with Crippen LogP contribution in [0.3, 0.4) is 0 Å². The Balaban J connectivity index is 1.86. The molecule has 0 bridgehead atoms. The van der Waals surface area contributed by atoms with Gasteiger partial charge < -0.3 is 15.4 Å². The van der Waals surface area contributed by atoms with E-state index in [1.54, 1.807) is 29.2 Å². The zero-order valence-corrected chi connectivity index (χ0v) is 18.0. The molecule has 1 aromatic heterocycles. The Morgan fingerprint density at radius 1 is 1.10 bits per heavy atom. The Morgan fingerprint density at radius 3 is 2.23 bits per heavy atom. The van der Waals surface area contributed by atoms with Gasteiger partial charge in [0.1, 0.15) is 11.3 Å². The average molecular weight is 435 g/mol. The maximum Gasteiger partial charge on any atom is 0.433 e. The molecule has 0 spiro atoms. The second-order valence-electron chi connectivity index (χ2n) is 8.77. The second-order valence-corrected chi connectivity index (χ2v) is 8.77. The van der Waals surface area contributed by atoms with Crippen molar-refractivity contribution < 1.29 is 22.7 Å². The number of pyridine rings is 1. The largest absolute Gasteiger partial charge is 0.444 e. The van der Waals surface area contributed by atoms with Crippen molar-refractivity contribution in [2.75, 3.05) is 13.1 Å². The van der Waals surface area contributed by atoms with Gasteiger partial charge in [-0.05, 0) is 56.7 Å². The maximum absolute atomic E-state index is 13.3. The number of halogens is 3. The van der Waals surface area contributed by atoms with E-state index in [2.05, 4.69) is 4.98 Å². The van der Waals surface area contributed by atoms with Gasteiger partial charge in [0.2, 0.25) is 0 Å². The SMILES string of the molecule is CC(C)(C)OC(=O)N1CCC(c2ccc(C(F)(F)F)nc2-c2ccc(CN)cc2)CC1. The molecular weight excluding hydrogens is 407 g/mol. The number of nitrogens with zero attached hydrogens (tertiary/aromatic N) is 2. The quantitative estimate of drug-likeness (QED) is 0.707. The summed E-state index contributed by atoms with van der Waals surface area (Å²) in [6.45, 7) is 6.75. The molecule has 8 heteroatoms. The monoisotopic (exact) mass is 435 g/mol. The molecule has 0 radical (unpaired) electrons. The molecule has 1 aliphatic heterocycles. The summed E-state index contributed by atoms with van der Waals surface area (Å²) in [6, 6.07) is 9.66. The Bertz CT molecular complexity index is 913. The van der Waals surface area contributed by atoms with Crippen LogP contribution < -0.4 is 5.73 Å². The number of ether oxygens (including phenoxy) is 1. The van der Waals surface area contributed by atoms with Crippen LogP contribution in [0.4, 0.5) is 18.0 Å². The molecule has 2 heterocycles. The Kier molecular flexibility index (Phi) is 6.59. The van der Waals surface area contributed by atoms with Gasteiger partial charge in [-0.3, -0.25) is 0 Å². The van der Waals surface area contributed by atoms with Crippen LogP contribution in [0.2, 0.25) is 0 Å². The number of hydrogen-bond acceptors (Lipinski definition) is 4. The number of carbonyl (C=O) groups excluding carboxylic acids is 1. The Hall–Kier alpha value is -2.61. The first-order valence-electron chi connectivity index (χ1n) is 10.3. The van der Waals surface area contributed by atoms with Crippen LogP contribution in [0.25, 0.3) is 11.3 Å². The van der Waals surface area contributed by atoms with Crippen molar-refractivity contribution in [2.45, 2.75) is 57.9 Å². The highest BCUT2D eigenvalue weighted by Crippen LogP contribution is 2.37. The summed E-state index contributed by atoms with van der Waals surface area (Å²) in [4.78, 5) is 18.0. The van der Waals surface area contributed by atoms with Gasteiger partial charge in [-0.1, -0.05) is 30.3 Å². The standard InChI is InChI=1S/C23H28F3N3O2/c1-22(2,3)31-21(30)29-12-10-16(11-13-29)18-8-9-19(23(24,25)26)28-20(18)17-6-4-15(14-27)5-7-17/h4-9,16H,10-14,27H2,1-3H3. The summed E-state index contributed by atoms with van der Waals surface area (Å²) in [6.07, 6.45) is -3.64. The molecule has 1 aromatic carbocycles. The number of likely N-dealkylation sites (tertiary alicyclic amines) is 1. The van der Waals surface area contributed by atoms with Gasteiger partial charge in [0, 0.05) is 25.2 Å². The molecule has 5 nitrogen and oxygen atoms in total. The van der Waals surface area contributed by atoms with E-state index in [1.165, 1.54) is 6.07 Å².